The SMILES string of the molecule is COc1cc(/C=C(\CC(=O)[O-])c2nc3ccccc3s2)ccc1OCC#N. The first-order valence-electron chi connectivity index (χ1n) is 8.05. The molecule has 0 aliphatic heterocycles. The number of hydrogen-bond acceptors (Lipinski definition) is 7. The van der Waals surface area contributed by atoms with Crippen molar-refractivity contribution in [2.75, 3.05) is 13.7 Å². The number of benzene rings is 2. The lowest BCUT2D eigenvalue weighted by atomic mass is 10.1. The summed E-state index contributed by atoms with van der Waals surface area (Å²) < 4.78 is 11.6. The van der Waals surface area contributed by atoms with Crippen molar-refractivity contribution in [3.05, 3.63) is 53.0 Å². The van der Waals surface area contributed by atoms with E-state index in [0.717, 1.165) is 15.8 Å². The quantitative estimate of drug-likeness (QED) is 0.626. The van der Waals surface area contributed by atoms with Gasteiger partial charge in [-0.2, -0.15) is 5.26 Å². The van der Waals surface area contributed by atoms with Gasteiger partial charge in [0, 0.05) is 12.4 Å². The number of carboxylic acid groups (broad SMARTS) is 1. The molecule has 0 amide bonds. The molecule has 0 bridgehead atoms. The van der Waals surface area contributed by atoms with E-state index in [9.17, 15) is 9.90 Å². The van der Waals surface area contributed by atoms with Crippen molar-refractivity contribution >= 4 is 39.2 Å². The van der Waals surface area contributed by atoms with Gasteiger partial charge in [0.1, 0.15) is 11.1 Å². The molecule has 27 heavy (non-hydrogen) atoms. The molecule has 3 aromatic rings. The number of nitrogens with zero attached hydrogens (tertiary/aromatic N) is 2. The van der Waals surface area contributed by atoms with Crippen LogP contribution in [-0.2, 0) is 4.79 Å². The van der Waals surface area contributed by atoms with Crippen molar-refractivity contribution in [2.45, 2.75) is 6.42 Å². The van der Waals surface area contributed by atoms with Crippen LogP contribution < -0.4 is 14.6 Å². The number of aliphatic carboxylic acids is 1. The lowest BCUT2D eigenvalue weighted by molar-refractivity contribution is -0.304. The maximum atomic E-state index is 11.2. The molecule has 7 heteroatoms. The summed E-state index contributed by atoms with van der Waals surface area (Å²) >= 11 is 1.43. The van der Waals surface area contributed by atoms with Gasteiger partial charge in [0.2, 0.25) is 0 Å². The maximum absolute atomic E-state index is 11.2. The zero-order chi connectivity index (χ0) is 19.2. The summed E-state index contributed by atoms with van der Waals surface area (Å²) in [4.78, 5) is 15.8. The number of methoxy groups -OCH3 is 1. The van der Waals surface area contributed by atoms with E-state index in [0.29, 0.717) is 22.1 Å². The van der Waals surface area contributed by atoms with Crippen molar-refractivity contribution < 1.29 is 19.4 Å². The molecule has 0 aliphatic rings. The molecule has 0 saturated carbocycles. The average Bonchev–Trinajstić information content (AvgIpc) is 3.10. The Labute approximate surface area is 159 Å². The summed E-state index contributed by atoms with van der Waals surface area (Å²) in [5, 5.41) is 20.5. The molecule has 6 nitrogen and oxygen atoms in total. The summed E-state index contributed by atoms with van der Waals surface area (Å²) in [6.07, 6.45) is 1.49. The summed E-state index contributed by atoms with van der Waals surface area (Å²) in [5.74, 6) is -0.282. The van der Waals surface area contributed by atoms with Crippen molar-refractivity contribution in [3.8, 4) is 17.6 Å². The summed E-state index contributed by atoms with van der Waals surface area (Å²) in [5.41, 5.74) is 2.09. The van der Waals surface area contributed by atoms with Gasteiger partial charge in [-0.05, 0) is 41.5 Å². The minimum Gasteiger partial charge on any atom is -0.550 e. The first kappa shape index (κ1) is 18.4. The topological polar surface area (TPSA) is 95.3 Å². The molecule has 0 radical (unpaired) electrons. The van der Waals surface area contributed by atoms with Crippen LogP contribution in [0.5, 0.6) is 11.5 Å². The molecule has 0 aliphatic carbocycles. The maximum Gasteiger partial charge on any atom is 0.174 e. The predicted molar refractivity (Wildman–Crippen MR) is 101 cm³/mol. The number of para-hydroxylation sites is 1. The van der Waals surface area contributed by atoms with Crippen molar-refractivity contribution in [2.24, 2.45) is 0 Å². The van der Waals surface area contributed by atoms with E-state index in [1.54, 1.807) is 24.3 Å². The minimum absolute atomic E-state index is 0.0901. The molecule has 1 aromatic heterocycles. The Bertz CT molecular complexity index is 1020. The minimum atomic E-state index is -1.18. The zero-order valence-electron chi connectivity index (χ0n) is 14.5. The Kier molecular flexibility index (Phi) is 5.69. The van der Waals surface area contributed by atoms with Gasteiger partial charge < -0.3 is 19.4 Å². The highest BCUT2D eigenvalue weighted by Gasteiger charge is 2.11. The number of hydrogen-bond donors (Lipinski definition) is 0. The Morgan fingerprint density at radius 2 is 2.11 bits per heavy atom. The smallest absolute Gasteiger partial charge is 0.174 e. The molecule has 2 aromatic carbocycles. The van der Waals surface area contributed by atoms with Crippen LogP contribution in [-0.4, -0.2) is 24.7 Å². The number of ether oxygens (including phenoxy) is 2. The van der Waals surface area contributed by atoms with E-state index >= 15 is 0 Å². The summed E-state index contributed by atoms with van der Waals surface area (Å²) in [6.45, 7) is -0.0901. The van der Waals surface area contributed by atoms with Crippen LogP contribution in [0.1, 0.15) is 17.0 Å². The Morgan fingerprint density at radius 3 is 2.81 bits per heavy atom. The first-order chi connectivity index (χ1) is 13.1. The monoisotopic (exact) mass is 379 g/mol. The normalized spacial score (nSPS) is 11.2. The van der Waals surface area contributed by atoms with E-state index in [-0.39, 0.29) is 13.0 Å². The molecule has 0 fully saturated rings. The number of aromatic nitrogens is 1. The van der Waals surface area contributed by atoms with E-state index in [4.69, 9.17) is 14.7 Å². The van der Waals surface area contributed by atoms with Crippen LogP contribution in [0, 0.1) is 11.3 Å². The molecule has 1 heterocycles. The van der Waals surface area contributed by atoms with E-state index < -0.39 is 5.97 Å². The van der Waals surface area contributed by atoms with Crippen LogP contribution in [0.2, 0.25) is 0 Å². The number of fused-ring (bicyclic) bond motifs is 1. The average molecular weight is 379 g/mol. The van der Waals surface area contributed by atoms with Gasteiger partial charge >= 0.3 is 0 Å². The molecular weight excluding hydrogens is 364 g/mol. The third-order valence-corrected chi connectivity index (χ3v) is 4.84. The fraction of sp³-hybridized carbons (Fsp3) is 0.150. The Hall–Kier alpha value is -3.37. The van der Waals surface area contributed by atoms with E-state index in [1.165, 1.54) is 18.4 Å². The Balaban J connectivity index is 2.00. The molecule has 0 spiro atoms. The lowest BCUT2D eigenvalue weighted by Crippen LogP contribution is -2.22. The molecule has 136 valence electrons. The number of rotatable bonds is 7. The number of nitriles is 1. The molecule has 0 atom stereocenters. The van der Waals surface area contributed by atoms with Gasteiger partial charge in [-0.15, -0.1) is 11.3 Å². The highest BCUT2D eigenvalue weighted by molar-refractivity contribution is 7.19. The first-order valence-corrected chi connectivity index (χ1v) is 8.86. The fourth-order valence-corrected chi connectivity index (χ4v) is 3.54. The molecule has 3 rings (SSSR count). The predicted octanol–water partition coefficient (Wildman–Crippen LogP) is 2.89. The van der Waals surface area contributed by atoms with Gasteiger partial charge in [0.15, 0.2) is 18.1 Å². The van der Waals surface area contributed by atoms with Crippen LogP contribution in [0.3, 0.4) is 0 Å². The van der Waals surface area contributed by atoms with E-state index in [1.807, 2.05) is 30.3 Å². The third kappa shape index (κ3) is 4.43. The second-order valence-electron chi connectivity index (χ2n) is 5.56. The van der Waals surface area contributed by atoms with Crippen molar-refractivity contribution in [1.82, 2.24) is 4.98 Å². The molecule has 0 saturated heterocycles. The van der Waals surface area contributed by atoms with Crippen LogP contribution in [0.15, 0.2) is 42.5 Å². The van der Waals surface area contributed by atoms with Crippen molar-refractivity contribution in [1.29, 1.82) is 5.26 Å². The van der Waals surface area contributed by atoms with Crippen LogP contribution in [0.4, 0.5) is 0 Å². The zero-order valence-corrected chi connectivity index (χ0v) is 15.3. The number of carbonyl (C=O) groups is 1. The van der Waals surface area contributed by atoms with E-state index in [2.05, 4.69) is 4.98 Å². The van der Waals surface area contributed by atoms with Gasteiger partial charge in [-0.3, -0.25) is 0 Å². The summed E-state index contributed by atoms with van der Waals surface area (Å²) in [6, 6.07) is 14.7. The summed E-state index contributed by atoms with van der Waals surface area (Å²) in [7, 11) is 1.50. The number of thiazole rings is 1. The van der Waals surface area contributed by atoms with Gasteiger partial charge in [0.25, 0.3) is 0 Å². The number of carbonyl (C=O) groups excluding carboxylic acids is 1. The lowest BCUT2D eigenvalue weighted by Gasteiger charge is -2.10. The van der Waals surface area contributed by atoms with Crippen LogP contribution >= 0.6 is 11.3 Å². The second-order valence-corrected chi connectivity index (χ2v) is 6.59. The molecular formula is C20H15N2O4S-. The second kappa shape index (κ2) is 8.34. The third-order valence-electron chi connectivity index (χ3n) is 3.72. The highest BCUT2D eigenvalue weighted by atomic mass is 32.1. The molecule has 0 unspecified atom stereocenters. The standard InChI is InChI=1S/C20H16N2O4S/c1-25-17-11-13(6-7-16(17)26-9-8-21)10-14(12-19(23)24)20-22-15-4-2-3-5-18(15)27-20/h2-7,10-11H,9,12H2,1H3,(H,23,24)/p-1/b14-10+. The van der Waals surface area contributed by atoms with Gasteiger partial charge in [-0.1, -0.05) is 18.2 Å². The van der Waals surface area contributed by atoms with Gasteiger partial charge in [0.05, 0.1) is 17.3 Å². The largest absolute Gasteiger partial charge is 0.550 e. The highest BCUT2D eigenvalue weighted by Crippen LogP contribution is 2.33. The molecule has 0 N–H and O–H groups in total. The Morgan fingerprint density at radius 1 is 1.30 bits per heavy atom. The van der Waals surface area contributed by atoms with Crippen LogP contribution in [0.25, 0.3) is 21.9 Å². The number of carboxylic acids is 1. The fourth-order valence-electron chi connectivity index (χ4n) is 2.56. The van der Waals surface area contributed by atoms with Crippen molar-refractivity contribution in [3.63, 3.8) is 0 Å². The van der Waals surface area contributed by atoms with Gasteiger partial charge in [-0.25, -0.2) is 4.98 Å².